The molecule has 6 heteroatoms. The molecule has 0 aliphatic carbocycles. The van der Waals surface area contributed by atoms with Crippen molar-refractivity contribution >= 4 is 45.6 Å². The van der Waals surface area contributed by atoms with Crippen LogP contribution in [0.2, 0.25) is 5.02 Å². The smallest absolute Gasteiger partial charge is 0.258 e. The van der Waals surface area contributed by atoms with Gasteiger partial charge in [-0.25, -0.2) is 0 Å². The Morgan fingerprint density at radius 3 is 2.56 bits per heavy atom. The predicted molar refractivity (Wildman–Crippen MR) is 105 cm³/mol. The summed E-state index contributed by atoms with van der Waals surface area (Å²) in [6.45, 7) is 3.36. The molecule has 0 radical (unpaired) electrons. The summed E-state index contributed by atoms with van der Waals surface area (Å²) in [6, 6.07) is 11.5. The van der Waals surface area contributed by atoms with Gasteiger partial charge < -0.3 is 10.2 Å². The number of nitrogens with zero attached hydrogens (tertiary/aromatic N) is 1. The summed E-state index contributed by atoms with van der Waals surface area (Å²) in [6.07, 6.45) is 2.41. The van der Waals surface area contributed by atoms with Crippen LogP contribution in [0, 0.1) is 5.92 Å². The first kappa shape index (κ1) is 16.8. The van der Waals surface area contributed by atoms with Crippen LogP contribution in [0.1, 0.15) is 23.2 Å². The van der Waals surface area contributed by atoms with Gasteiger partial charge in [-0.2, -0.15) is 0 Å². The van der Waals surface area contributed by atoms with Crippen molar-refractivity contribution in [1.29, 1.82) is 0 Å². The number of piperidine rings is 3. The number of thiocarbonyl (C=S) groups is 1. The molecule has 0 spiro atoms. The van der Waals surface area contributed by atoms with Crippen molar-refractivity contribution in [2.45, 2.75) is 18.9 Å². The van der Waals surface area contributed by atoms with E-state index in [1.807, 2.05) is 30.3 Å². The molecule has 3 fully saturated rings. The van der Waals surface area contributed by atoms with Crippen LogP contribution in [0.15, 0.2) is 36.4 Å². The fourth-order valence-corrected chi connectivity index (χ4v) is 4.45. The number of carbonyl (C=O) groups excluding carboxylic acids is 1. The first-order valence-corrected chi connectivity index (χ1v) is 9.42. The Morgan fingerprint density at radius 1 is 1.12 bits per heavy atom. The number of amides is 1. The minimum atomic E-state index is -0.202. The number of halogens is 1. The van der Waals surface area contributed by atoms with E-state index in [9.17, 15) is 4.79 Å². The van der Waals surface area contributed by atoms with Crippen molar-refractivity contribution in [3.05, 3.63) is 47.0 Å². The minimum absolute atomic E-state index is 0.202. The summed E-state index contributed by atoms with van der Waals surface area (Å²) in [5, 5.41) is 8.92. The molecule has 0 saturated carbocycles. The van der Waals surface area contributed by atoms with E-state index in [1.54, 1.807) is 6.07 Å². The zero-order valence-corrected chi connectivity index (χ0v) is 15.4. The molecule has 2 bridgehead atoms. The summed E-state index contributed by atoms with van der Waals surface area (Å²) in [5.41, 5.74) is 0.582. The summed E-state index contributed by atoms with van der Waals surface area (Å²) in [5.74, 6) is 0.447. The SMILES string of the molecule is O=C(NC(=S)NC1CN2CCC1CC2)c1cccc2c(Cl)cccc12. The largest absolute Gasteiger partial charge is 0.358 e. The second-order valence-electron chi connectivity index (χ2n) is 6.81. The lowest BCUT2D eigenvalue weighted by molar-refractivity contribution is 0.0807. The molecule has 3 aliphatic rings. The average Bonchev–Trinajstić information content (AvgIpc) is 2.62. The molecule has 2 aromatic carbocycles. The standard InChI is InChI=1S/C19H20ClN3OS/c20-16-6-2-3-13-14(16)4-1-5-15(13)18(24)22-19(25)21-17-11-23-9-7-12(17)8-10-23/h1-6,12,17H,7-11H2,(H2,21,22,24,25). The van der Waals surface area contributed by atoms with Gasteiger partial charge in [0.25, 0.3) is 5.91 Å². The van der Waals surface area contributed by atoms with Crippen LogP contribution in [0.5, 0.6) is 0 Å². The molecule has 3 saturated heterocycles. The number of hydrogen-bond acceptors (Lipinski definition) is 3. The third kappa shape index (κ3) is 3.36. The van der Waals surface area contributed by atoms with Gasteiger partial charge in [-0.15, -0.1) is 0 Å². The molecule has 2 N–H and O–H groups in total. The number of rotatable bonds is 2. The van der Waals surface area contributed by atoms with Gasteiger partial charge in [-0.3, -0.25) is 10.1 Å². The Kier molecular flexibility index (Phi) is 4.63. The second kappa shape index (κ2) is 6.90. The first-order chi connectivity index (χ1) is 12.1. The molecule has 4 nitrogen and oxygen atoms in total. The monoisotopic (exact) mass is 373 g/mol. The van der Waals surface area contributed by atoms with Crippen LogP contribution >= 0.6 is 23.8 Å². The molecule has 3 aliphatic heterocycles. The fraction of sp³-hybridized carbons (Fsp3) is 0.368. The Bertz CT molecular complexity index is 833. The van der Waals surface area contributed by atoms with Crippen LogP contribution in [-0.4, -0.2) is 41.6 Å². The van der Waals surface area contributed by atoms with Crippen LogP contribution in [0.25, 0.3) is 10.8 Å². The highest BCUT2D eigenvalue weighted by molar-refractivity contribution is 7.80. The van der Waals surface area contributed by atoms with E-state index in [0.29, 0.717) is 27.7 Å². The summed E-state index contributed by atoms with van der Waals surface area (Å²) in [7, 11) is 0. The third-order valence-electron chi connectivity index (χ3n) is 5.31. The van der Waals surface area contributed by atoms with Gasteiger partial charge in [0.2, 0.25) is 0 Å². The van der Waals surface area contributed by atoms with E-state index in [-0.39, 0.29) is 5.91 Å². The van der Waals surface area contributed by atoms with Gasteiger partial charge >= 0.3 is 0 Å². The van der Waals surface area contributed by atoms with Crippen molar-refractivity contribution in [3.63, 3.8) is 0 Å². The number of carbonyl (C=O) groups is 1. The zero-order chi connectivity index (χ0) is 17.4. The van der Waals surface area contributed by atoms with E-state index < -0.39 is 0 Å². The van der Waals surface area contributed by atoms with Gasteiger partial charge in [-0.1, -0.05) is 35.9 Å². The normalized spacial score (nSPS) is 24.9. The Balaban J connectivity index is 1.47. The zero-order valence-electron chi connectivity index (χ0n) is 13.8. The Morgan fingerprint density at radius 2 is 1.84 bits per heavy atom. The maximum Gasteiger partial charge on any atom is 0.258 e. The van der Waals surface area contributed by atoms with Gasteiger partial charge in [0.05, 0.1) is 0 Å². The molecule has 25 heavy (non-hydrogen) atoms. The number of nitrogens with one attached hydrogen (secondary N) is 2. The van der Waals surface area contributed by atoms with Crippen LogP contribution in [-0.2, 0) is 0 Å². The van der Waals surface area contributed by atoms with Gasteiger partial charge in [0.15, 0.2) is 5.11 Å². The third-order valence-corrected chi connectivity index (χ3v) is 5.86. The average molecular weight is 374 g/mol. The van der Waals surface area contributed by atoms with E-state index in [4.69, 9.17) is 23.8 Å². The highest BCUT2D eigenvalue weighted by atomic mass is 35.5. The summed E-state index contributed by atoms with van der Waals surface area (Å²) < 4.78 is 0. The molecule has 130 valence electrons. The van der Waals surface area contributed by atoms with Crippen LogP contribution in [0.4, 0.5) is 0 Å². The second-order valence-corrected chi connectivity index (χ2v) is 7.63. The van der Waals surface area contributed by atoms with E-state index in [0.717, 1.165) is 17.3 Å². The predicted octanol–water partition coefficient (Wildman–Crippen LogP) is 3.19. The van der Waals surface area contributed by atoms with E-state index in [2.05, 4.69) is 15.5 Å². The quantitative estimate of drug-likeness (QED) is 0.793. The highest BCUT2D eigenvalue weighted by Gasteiger charge is 2.34. The maximum atomic E-state index is 12.7. The first-order valence-electron chi connectivity index (χ1n) is 8.63. The number of hydrogen-bond donors (Lipinski definition) is 2. The van der Waals surface area contributed by atoms with Gasteiger partial charge in [0.1, 0.15) is 0 Å². The van der Waals surface area contributed by atoms with Crippen LogP contribution in [0.3, 0.4) is 0 Å². The lowest BCUT2D eigenvalue weighted by Crippen LogP contribution is -2.59. The lowest BCUT2D eigenvalue weighted by Gasteiger charge is -2.45. The van der Waals surface area contributed by atoms with Crippen molar-refractivity contribution in [1.82, 2.24) is 15.5 Å². The molecule has 5 rings (SSSR count). The molecule has 1 amide bonds. The van der Waals surface area contributed by atoms with Crippen molar-refractivity contribution in [3.8, 4) is 0 Å². The molecular weight excluding hydrogens is 354 g/mol. The van der Waals surface area contributed by atoms with Crippen LogP contribution < -0.4 is 10.6 Å². The van der Waals surface area contributed by atoms with Gasteiger partial charge in [0, 0.05) is 28.6 Å². The molecule has 2 aromatic rings. The van der Waals surface area contributed by atoms with Crippen molar-refractivity contribution in [2.24, 2.45) is 5.92 Å². The molecule has 3 heterocycles. The summed E-state index contributed by atoms with van der Waals surface area (Å²) in [4.78, 5) is 15.1. The van der Waals surface area contributed by atoms with Crippen molar-refractivity contribution in [2.75, 3.05) is 19.6 Å². The molecule has 1 unspecified atom stereocenters. The van der Waals surface area contributed by atoms with Gasteiger partial charge in [-0.05, 0) is 61.6 Å². The molecule has 1 atom stereocenters. The Hall–Kier alpha value is -1.69. The maximum absolute atomic E-state index is 12.7. The van der Waals surface area contributed by atoms with E-state index >= 15 is 0 Å². The number of benzene rings is 2. The highest BCUT2D eigenvalue weighted by Crippen LogP contribution is 2.28. The summed E-state index contributed by atoms with van der Waals surface area (Å²) >= 11 is 11.6. The molecule has 0 aromatic heterocycles. The topological polar surface area (TPSA) is 44.4 Å². The minimum Gasteiger partial charge on any atom is -0.358 e. The Labute approximate surface area is 157 Å². The lowest BCUT2D eigenvalue weighted by atomic mass is 9.84. The van der Waals surface area contributed by atoms with Crippen molar-refractivity contribution < 1.29 is 4.79 Å². The molecular formula is C19H20ClN3OS. The number of fused-ring (bicyclic) bond motifs is 4. The van der Waals surface area contributed by atoms with E-state index in [1.165, 1.54) is 25.9 Å². The fourth-order valence-electron chi connectivity index (χ4n) is 3.97.